The van der Waals surface area contributed by atoms with Crippen molar-refractivity contribution in [3.05, 3.63) is 48.5 Å². The molecule has 0 unspecified atom stereocenters. The van der Waals surface area contributed by atoms with Gasteiger partial charge in [0.2, 0.25) is 0 Å². The van der Waals surface area contributed by atoms with E-state index in [2.05, 4.69) is 58.3 Å². The molecule has 1 saturated heterocycles. The molecule has 0 bridgehead atoms. The quantitative estimate of drug-likeness (QED) is 0.646. The monoisotopic (exact) mass is 434 g/mol. The first-order chi connectivity index (χ1) is 13.7. The van der Waals surface area contributed by atoms with Crippen LogP contribution < -0.4 is 4.90 Å². The van der Waals surface area contributed by atoms with Crippen LogP contribution >= 0.6 is 24.2 Å². The Morgan fingerprint density at radius 2 is 1.66 bits per heavy atom. The zero-order valence-electron chi connectivity index (χ0n) is 16.3. The van der Waals surface area contributed by atoms with E-state index in [1.165, 1.54) is 21.2 Å². The molecule has 29 heavy (non-hydrogen) atoms. The van der Waals surface area contributed by atoms with E-state index in [9.17, 15) is 9.90 Å². The highest BCUT2D eigenvalue weighted by atomic mass is 35.5. The summed E-state index contributed by atoms with van der Waals surface area (Å²) >= 11 is 1.81. The van der Waals surface area contributed by atoms with Gasteiger partial charge in [-0.1, -0.05) is 36.0 Å². The Bertz CT molecular complexity index is 790. The SMILES string of the molecule is Cl.O=C(O)[C@@H]1CCCN(CCOCCN2c3ccccc3Sc3ccccc32)C1. The molecule has 5 nitrogen and oxygen atoms in total. The Morgan fingerprint density at radius 1 is 1.03 bits per heavy atom. The number of para-hydroxylation sites is 2. The summed E-state index contributed by atoms with van der Waals surface area (Å²) in [6, 6.07) is 17.0. The van der Waals surface area contributed by atoms with Crippen LogP contribution in [-0.2, 0) is 9.53 Å². The van der Waals surface area contributed by atoms with E-state index in [1.54, 1.807) is 0 Å². The van der Waals surface area contributed by atoms with Crippen molar-refractivity contribution < 1.29 is 14.6 Å². The molecule has 1 fully saturated rings. The van der Waals surface area contributed by atoms with Crippen molar-refractivity contribution in [2.45, 2.75) is 22.6 Å². The molecule has 0 aromatic heterocycles. The van der Waals surface area contributed by atoms with Crippen molar-refractivity contribution in [3.63, 3.8) is 0 Å². The number of piperidine rings is 1. The third-order valence-electron chi connectivity index (χ3n) is 5.40. The molecule has 0 amide bonds. The topological polar surface area (TPSA) is 53.0 Å². The van der Waals surface area contributed by atoms with Gasteiger partial charge in [0.1, 0.15) is 0 Å². The zero-order chi connectivity index (χ0) is 19.3. The minimum atomic E-state index is -0.675. The van der Waals surface area contributed by atoms with Crippen LogP contribution in [0.5, 0.6) is 0 Å². The molecule has 7 heteroatoms. The number of likely N-dealkylation sites (tertiary alicyclic amines) is 1. The van der Waals surface area contributed by atoms with Crippen molar-refractivity contribution in [1.29, 1.82) is 0 Å². The number of ether oxygens (including phenoxy) is 1. The van der Waals surface area contributed by atoms with Crippen LogP contribution in [0.3, 0.4) is 0 Å². The number of halogens is 1. The van der Waals surface area contributed by atoms with E-state index in [-0.39, 0.29) is 18.3 Å². The fourth-order valence-corrected chi connectivity index (χ4v) is 5.03. The van der Waals surface area contributed by atoms with Gasteiger partial charge in [0.05, 0.1) is 30.5 Å². The molecule has 2 aliphatic heterocycles. The Kier molecular flexibility index (Phi) is 7.84. The summed E-state index contributed by atoms with van der Waals surface area (Å²) in [6.45, 7) is 4.49. The molecule has 0 aliphatic carbocycles. The smallest absolute Gasteiger partial charge is 0.307 e. The molecule has 1 N–H and O–H groups in total. The van der Waals surface area contributed by atoms with Crippen LogP contribution in [0.1, 0.15) is 12.8 Å². The summed E-state index contributed by atoms with van der Waals surface area (Å²) < 4.78 is 5.93. The normalized spacial score (nSPS) is 18.5. The van der Waals surface area contributed by atoms with Crippen molar-refractivity contribution in [2.75, 3.05) is 44.3 Å². The van der Waals surface area contributed by atoms with Gasteiger partial charge in [-0.25, -0.2) is 0 Å². The van der Waals surface area contributed by atoms with Gasteiger partial charge in [-0.15, -0.1) is 12.4 Å². The van der Waals surface area contributed by atoms with Gasteiger partial charge in [0, 0.05) is 29.4 Å². The average molecular weight is 435 g/mol. The van der Waals surface area contributed by atoms with E-state index in [1.807, 2.05) is 11.8 Å². The number of rotatable bonds is 7. The fourth-order valence-electron chi connectivity index (χ4n) is 3.93. The number of carbonyl (C=O) groups is 1. The van der Waals surface area contributed by atoms with Crippen molar-refractivity contribution >= 4 is 41.5 Å². The van der Waals surface area contributed by atoms with Crippen LogP contribution in [0.15, 0.2) is 58.3 Å². The van der Waals surface area contributed by atoms with Crippen LogP contribution in [0.4, 0.5) is 11.4 Å². The van der Waals surface area contributed by atoms with E-state index in [0.29, 0.717) is 19.8 Å². The maximum absolute atomic E-state index is 11.2. The maximum atomic E-state index is 11.2. The molecule has 0 saturated carbocycles. The van der Waals surface area contributed by atoms with Gasteiger partial charge >= 0.3 is 5.97 Å². The van der Waals surface area contributed by atoms with Gasteiger partial charge < -0.3 is 19.6 Å². The van der Waals surface area contributed by atoms with Crippen molar-refractivity contribution in [3.8, 4) is 0 Å². The predicted octanol–water partition coefficient (Wildman–Crippen LogP) is 4.52. The summed E-state index contributed by atoms with van der Waals surface area (Å²) in [6.07, 6.45) is 1.74. The van der Waals surface area contributed by atoms with Gasteiger partial charge in [-0.05, 0) is 43.7 Å². The predicted molar refractivity (Wildman–Crippen MR) is 119 cm³/mol. The molecule has 2 aromatic rings. The minimum Gasteiger partial charge on any atom is -0.481 e. The Labute approximate surface area is 182 Å². The minimum absolute atomic E-state index is 0. The molecule has 0 radical (unpaired) electrons. The van der Waals surface area contributed by atoms with Crippen LogP contribution in [0.2, 0.25) is 0 Å². The lowest BCUT2D eigenvalue weighted by molar-refractivity contribution is -0.143. The molecule has 2 heterocycles. The first-order valence-corrected chi connectivity index (χ1v) is 10.7. The number of fused-ring (bicyclic) bond motifs is 2. The molecular weight excluding hydrogens is 408 g/mol. The number of carboxylic acids is 1. The summed E-state index contributed by atoms with van der Waals surface area (Å²) in [5.41, 5.74) is 2.46. The summed E-state index contributed by atoms with van der Waals surface area (Å²) in [5, 5.41) is 9.21. The highest BCUT2D eigenvalue weighted by Gasteiger charge is 2.25. The van der Waals surface area contributed by atoms with Crippen molar-refractivity contribution in [2.24, 2.45) is 5.92 Å². The number of hydrogen-bond acceptors (Lipinski definition) is 5. The zero-order valence-corrected chi connectivity index (χ0v) is 18.0. The third-order valence-corrected chi connectivity index (χ3v) is 6.53. The lowest BCUT2D eigenvalue weighted by Crippen LogP contribution is -2.40. The highest BCUT2D eigenvalue weighted by Crippen LogP contribution is 2.47. The molecule has 156 valence electrons. The second-order valence-corrected chi connectivity index (χ2v) is 8.36. The molecule has 4 rings (SSSR count). The first-order valence-electron chi connectivity index (χ1n) is 9.89. The van der Waals surface area contributed by atoms with Crippen LogP contribution in [0.25, 0.3) is 0 Å². The lowest BCUT2D eigenvalue weighted by Gasteiger charge is -2.33. The molecule has 2 aromatic carbocycles. The maximum Gasteiger partial charge on any atom is 0.307 e. The van der Waals surface area contributed by atoms with Gasteiger partial charge in [-0.3, -0.25) is 4.79 Å². The lowest BCUT2D eigenvalue weighted by atomic mass is 9.98. The standard InChI is InChI=1S/C22H26N2O3S.ClH/c25-22(26)17-6-5-11-23(16-17)12-14-27-15-13-24-18-7-1-3-9-20(18)28-21-10-4-2-8-19(21)24;/h1-4,7-10,17H,5-6,11-16H2,(H,25,26);1H/t17-;/m1./s1. The largest absolute Gasteiger partial charge is 0.481 e. The van der Waals surface area contributed by atoms with Crippen LogP contribution in [-0.4, -0.2) is 55.4 Å². The Morgan fingerprint density at radius 3 is 2.31 bits per heavy atom. The summed E-state index contributed by atoms with van der Waals surface area (Å²) in [5.74, 6) is -0.904. The number of hydrogen-bond donors (Lipinski definition) is 1. The van der Waals surface area contributed by atoms with Crippen LogP contribution in [0, 0.1) is 5.92 Å². The van der Waals surface area contributed by atoms with Gasteiger partial charge in [0.15, 0.2) is 0 Å². The van der Waals surface area contributed by atoms with Crippen molar-refractivity contribution in [1.82, 2.24) is 4.90 Å². The Balaban J connectivity index is 0.00000240. The number of nitrogens with zero attached hydrogens (tertiary/aromatic N) is 2. The molecule has 0 spiro atoms. The Hall–Kier alpha value is -1.73. The number of anilines is 2. The van der Waals surface area contributed by atoms with Gasteiger partial charge in [0.25, 0.3) is 0 Å². The summed E-state index contributed by atoms with van der Waals surface area (Å²) in [7, 11) is 0. The summed E-state index contributed by atoms with van der Waals surface area (Å²) in [4.78, 5) is 18.3. The van der Waals surface area contributed by atoms with E-state index < -0.39 is 5.97 Å². The second kappa shape index (κ2) is 10.3. The van der Waals surface area contributed by atoms with E-state index in [0.717, 1.165) is 32.5 Å². The number of benzene rings is 2. The van der Waals surface area contributed by atoms with E-state index in [4.69, 9.17) is 4.74 Å². The first kappa shape index (κ1) is 22.0. The fraction of sp³-hybridized carbons (Fsp3) is 0.409. The average Bonchev–Trinajstić information content (AvgIpc) is 2.73. The second-order valence-electron chi connectivity index (χ2n) is 7.28. The third kappa shape index (κ3) is 5.25. The number of aliphatic carboxylic acids is 1. The van der Waals surface area contributed by atoms with E-state index >= 15 is 0 Å². The molecular formula is C22H27ClN2O3S. The molecule has 1 atom stereocenters. The molecule has 2 aliphatic rings. The highest BCUT2D eigenvalue weighted by molar-refractivity contribution is 7.99. The number of carboxylic acid groups (broad SMARTS) is 1. The van der Waals surface area contributed by atoms with Gasteiger partial charge in [-0.2, -0.15) is 0 Å².